The molecule has 0 fully saturated rings. The van der Waals surface area contributed by atoms with E-state index in [-0.39, 0.29) is 17.8 Å². The van der Waals surface area contributed by atoms with Crippen LogP contribution in [0.3, 0.4) is 0 Å². The summed E-state index contributed by atoms with van der Waals surface area (Å²) >= 11 is 1.61. The van der Waals surface area contributed by atoms with E-state index >= 15 is 0 Å². The standard InChI is InChI=1S/C25H22FN3O3S/c1-31-21-14-16-9-11-28(24(23-4-3-13-33-23)19(16)15-22(21)32-2)25(30)20-10-12-29(27-20)18-7-5-17(26)6-8-18/h3-8,10,12-15,24H,9,11H2,1-2H3. The predicted molar refractivity (Wildman–Crippen MR) is 124 cm³/mol. The molecule has 0 aliphatic carbocycles. The molecular formula is C25H22FN3O3S. The molecular weight excluding hydrogens is 441 g/mol. The number of thiophene rings is 1. The summed E-state index contributed by atoms with van der Waals surface area (Å²) in [6, 6.07) is 15.4. The highest BCUT2D eigenvalue weighted by atomic mass is 32.1. The first-order valence-electron chi connectivity index (χ1n) is 10.5. The Hall–Kier alpha value is -3.65. The highest BCUT2D eigenvalue weighted by Gasteiger charge is 2.35. The van der Waals surface area contributed by atoms with Crippen LogP contribution in [-0.2, 0) is 6.42 Å². The molecule has 1 amide bonds. The third-order valence-corrected chi connectivity index (χ3v) is 6.77. The van der Waals surface area contributed by atoms with Crippen LogP contribution in [0.2, 0.25) is 0 Å². The number of benzene rings is 2. The van der Waals surface area contributed by atoms with Crippen molar-refractivity contribution in [2.24, 2.45) is 0 Å². The molecule has 2 aromatic carbocycles. The van der Waals surface area contributed by atoms with E-state index in [0.29, 0.717) is 35.8 Å². The smallest absolute Gasteiger partial charge is 0.275 e. The largest absolute Gasteiger partial charge is 0.493 e. The second-order valence-corrected chi connectivity index (χ2v) is 8.67. The number of hydrogen-bond acceptors (Lipinski definition) is 5. The van der Waals surface area contributed by atoms with E-state index in [0.717, 1.165) is 16.0 Å². The molecule has 0 radical (unpaired) electrons. The molecule has 168 valence electrons. The van der Waals surface area contributed by atoms with Crippen molar-refractivity contribution in [1.29, 1.82) is 0 Å². The molecule has 8 heteroatoms. The topological polar surface area (TPSA) is 56.6 Å². The Labute approximate surface area is 194 Å². The van der Waals surface area contributed by atoms with Crippen LogP contribution >= 0.6 is 11.3 Å². The van der Waals surface area contributed by atoms with Gasteiger partial charge in [0.2, 0.25) is 0 Å². The fourth-order valence-corrected chi connectivity index (χ4v) is 5.10. The zero-order valence-electron chi connectivity index (χ0n) is 18.2. The molecule has 4 aromatic rings. The van der Waals surface area contributed by atoms with E-state index in [9.17, 15) is 9.18 Å². The van der Waals surface area contributed by atoms with Crippen molar-refractivity contribution in [2.45, 2.75) is 12.5 Å². The summed E-state index contributed by atoms with van der Waals surface area (Å²) in [5.74, 6) is 0.835. The minimum absolute atomic E-state index is 0.158. The van der Waals surface area contributed by atoms with Gasteiger partial charge in [-0.15, -0.1) is 11.3 Å². The molecule has 1 unspecified atom stereocenters. The number of halogens is 1. The number of nitrogens with zero attached hydrogens (tertiary/aromatic N) is 3. The summed E-state index contributed by atoms with van der Waals surface area (Å²) in [6.07, 6.45) is 2.41. The van der Waals surface area contributed by atoms with E-state index in [1.165, 1.54) is 12.1 Å². The Morgan fingerprint density at radius 3 is 2.55 bits per heavy atom. The average molecular weight is 464 g/mol. The van der Waals surface area contributed by atoms with Gasteiger partial charge in [-0.25, -0.2) is 9.07 Å². The minimum atomic E-state index is -0.319. The predicted octanol–water partition coefficient (Wildman–Crippen LogP) is 4.88. The van der Waals surface area contributed by atoms with Crippen LogP contribution in [0.25, 0.3) is 5.69 Å². The Morgan fingerprint density at radius 1 is 1.09 bits per heavy atom. The molecule has 3 heterocycles. The zero-order chi connectivity index (χ0) is 22.9. The molecule has 0 bridgehead atoms. The highest BCUT2D eigenvalue weighted by Crippen LogP contribution is 2.42. The van der Waals surface area contributed by atoms with Crippen LogP contribution in [0.15, 0.2) is 66.2 Å². The first-order valence-corrected chi connectivity index (χ1v) is 11.4. The van der Waals surface area contributed by atoms with E-state index in [4.69, 9.17) is 9.47 Å². The number of amides is 1. The summed E-state index contributed by atoms with van der Waals surface area (Å²) in [6.45, 7) is 0.549. The van der Waals surface area contributed by atoms with E-state index in [1.54, 1.807) is 54.6 Å². The summed E-state index contributed by atoms with van der Waals surface area (Å²) in [5, 5.41) is 6.49. The van der Waals surface area contributed by atoms with Crippen molar-refractivity contribution in [1.82, 2.24) is 14.7 Å². The van der Waals surface area contributed by atoms with Crippen molar-refractivity contribution < 1.29 is 18.7 Å². The van der Waals surface area contributed by atoms with Gasteiger partial charge in [0.15, 0.2) is 17.2 Å². The van der Waals surface area contributed by atoms with Gasteiger partial charge in [0.05, 0.1) is 25.9 Å². The Kier molecular flexibility index (Phi) is 5.60. The van der Waals surface area contributed by atoms with E-state index < -0.39 is 0 Å². The van der Waals surface area contributed by atoms with E-state index in [1.807, 2.05) is 34.5 Å². The maximum Gasteiger partial charge on any atom is 0.275 e. The first kappa shape index (κ1) is 21.2. The second-order valence-electron chi connectivity index (χ2n) is 7.69. The van der Waals surface area contributed by atoms with Crippen LogP contribution in [0, 0.1) is 5.82 Å². The maximum atomic E-state index is 13.6. The molecule has 0 saturated heterocycles. The van der Waals surface area contributed by atoms with E-state index in [2.05, 4.69) is 5.10 Å². The van der Waals surface area contributed by atoms with Crippen LogP contribution in [0.4, 0.5) is 4.39 Å². The number of rotatable bonds is 5. The number of hydrogen-bond donors (Lipinski definition) is 0. The summed E-state index contributed by atoms with van der Waals surface area (Å²) in [7, 11) is 3.23. The molecule has 5 rings (SSSR count). The van der Waals surface area contributed by atoms with Crippen molar-refractivity contribution in [2.75, 3.05) is 20.8 Å². The number of methoxy groups -OCH3 is 2. The molecule has 2 aromatic heterocycles. The monoisotopic (exact) mass is 463 g/mol. The average Bonchev–Trinajstić information content (AvgIpc) is 3.55. The number of ether oxygens (including phenoxy) is 2. The lowest BCUT2D eigenvalue weighted by molar-refractivity contribution is 0.0690. The Balaban J connectivity index is 1.53. The van der Waals surface area contributed by atoms with Gasteiger partial charge in [-0.05, 0) is 71.5 Å². The van der Waals surface area contributed by atoms with Gasteiger partial charge in [0.1, 0.15) is 5.82 Å². The second kappa shape index (κ2) is 8.71. The van der Waals surface area contributed by atoms with Gasteiger partial charge in [-0.1, -0.05) is 6.07 Å². The molecule has 1 aliphatic heterocycles. The van der Waals surface area contributed by atoms with Crippen molar-refractivity contribution >= 4 is 17.2 Å². The summed E-state index contributed by atoms with van der Waals surface area (Å²) < 4.78 is 25.9. The lowest BCUT2D eigenvalue weighted by Gasteiger charge is -2.37. The van der Waals surface area contributed by atoms with Crippen LogP contribution in [0.5, 0.6) is 11.5 Å². The molecule has 0 saturated carbocycles. The molecule has 0 N–H and O–H groups in total. The van der Waals surface area contributed by atoms with Crippen molar-refractivity contribution in [3.05, 3.63) is 93.7 Å². The molecule has 0 spiro atoms. The van der Waals surface area contributed by atoms with Gasteiger partial charge in [-0.3, -0.25) is 4.79 Å². The van der Waals surface area contributed by atoms with Crippen LogP contribution in [0.1, 0.15) is 32.5 Å². The maximum absolute atomic E-state index is 13.6. The first-order chi connectivity index (χ1) is 16.1. The third-order valence-electron chi connectivity index (χ3n) is 5.85. The van der Waals surface area contributed by atoms with Crippen LogP contribution in [-0.4, -0.2) is 41.4 Å². The van der Waals surface area contributed by atoms with Gasteiger partial charge in [0.25, 0.3) is 5.91 Å². The van der Waals surface area contributed by atoms with Gasteiger partial charge in [0, 0.05) is 17.6 Å². The SMILES string of the molecule is COc1cc2c(cc1OC)C(c1cccs1)N(C(=O)c1ccn(-c3ccc(F)cc3)n1)CC2. The van der Waals surface area contributed by atoms with Gasteiger partial charge >= 0.3 is 0 Å². The number of carbonyl (C=O) groups is 1. The Bertz CT molecular complexity index is 1280. The summed E-state index contributed by atoms with van der Waals surface area (Å²) in [5.41, 5.74) is 3.18. The van der Waals surface area contributed by atoms with Crippen molar-refractivity contribution in [3.8, 4) is 17.2 Å². The summed E-state index contributed by atoms with van der Waals surface area (Å²) in [4.78, 5) is 16.6. The zero-order valence-corrected chi connectivity index (χ0v) is 19.0. The molecule has 1 atom stereocenters. The fourth-order valence-electron chi connectivity index (χ4n) is 4.24. The highest BCUT2D eigenvalue weighted by molar-refractivity contribution is 7.10. The minimum Gasteiger partial charge on any atom is -0.493 e. The van der Waals surface area contributed by atoms with Crippen LogP contribution < -0.4 is 9.47 Å². The molecule has 1 aliphatic rings. The fraction of sp³-hybridized carbons (Fsp3) is 0.200. The van der Waals surface area contributed by atoms with Crippen molar-refractivity contribution in [3.63, 3.8) is 0 Å². The Morgan fingerprint density at radius 2 is 1.85 bits per heavy atom. The molecule has 6 nitrogen and oxygen atoms in total. The molecule has 33 heavy (non-hydrogen) atoms. The quantitative estimate of drug-likeness (QED) is 0.423. The normalized spacial score (nSPS) is 15.2. The lowest BCUT2D eigenvalue weighted by atomic mass is 9.90. The number of fused-ring (bicyclic) bond motifs is 1. The third kappa shape index (κ3) is 3.87. The number of carbonyl (C=O) groups excluding carboxylic acids is 1. The lowest BCUT2D eigenvalue weighted by Crippen LogP contribution is -2.40. The van der Waals surface area contributed by atoms with Gasteiger partial charge in [-0.2, -0.15) is 5.10 Å². The van der Waals surface area contributed by atoms with Gasteiger partial charge < -0.3 is 14.4 Å². The number of aromatic nitrogens is 2.